The molecule has 4 heteroatoms. The summed E-state index contributed by atoms with van der Waals surface area (Å²) in [6.07, 6.45) is 7.80. The van der Waals surface area contributed by atoms with E-state index in [4.69, 9.17) is 11.5 Å². The molecule has 0 radical (unpaired) electrons. The second kappa shape index (κ2) is 7.79. The minimum absolute atomic E-state index is 0.0261. The lowest BCUT2D eigenvalue weighted by Gasteiger charge is -1.95. The number of allylic oxidation sites excluding steroid dienone is 4. The van der Waals surface area contributed by atoms with Crippen molar-refractivity contribution in [2.75, 3.05) is 0 Å². The van der Waals surface area contributed by atoms with E-state index < -0.39 is 0 Å². The van der Waals surface area contributed by atoms with Gasteiger partial charge in [0, 0.05) is 6.21 Å². The molecule has 0 bridgehead atoms. The fourth-order valence-corrected chi connectivity index (χ4v) is 0.932. The lowest BCUT2D eigenvalue weighted by molar-refractivity contribution is 0.969. The zero-order chi connectivity index (χ0) is 11.7. The lowest BCUT2D eigenvalue weighted by Crippen LogP contribution is -2.21. The van der Waals surface area contributed by atoms with E-state index in [0.717, 1.165) is 12.8 Å². The first-order valence-electron chi connectivity index (χ1n) is 4.93. The van der Waals surface area contributed by atoms with E-state index in [1.165, 1.54) is 11.1 Å². The third kappa shape index (κ3) is 10.3. The average Bonchev–Trinajstić information content (AvgIpc) is 2.11. The van der Waals surface area contributed by atoms with E-state index in [-0.39, 0.29) is 5.96 Å². The van der Waals surface area contributed by atoms with Gasteiger partial charge in [0.2, 0.25) is 5.96 Å². The summed E-state index contributed by atoms with van der Waals surface area (Å²) < 4.78 is 0. The summed E-state index contributed by atoms with van der Waals surface area (Å²) in [7, 11) is 0. The van der Waals surface area contributed by atoms with E-state index in [9.17, 15) is 0 Å². The Hall–Kier alpha value is -1.58. The summed E-state index contributed by atoms with van der Waals surface area (Å²) >= 11 is 0. The summed E-state index contributed by atoms with van der Waals surface area (Å²) in [5.74, 6) is -0.0261. The van der Waals surface area contributed by atoms with E-state index in [0.29, 0.717) is 0 Å². The van der Waals surface area contributed by atoms with Gasteiger partial charge in [-0.25, -0.2) is 0 Å². The minimum atomic E-state index is -0.0261. The van der Waals surface area contributed by atoms with Crippen LogP contribution in [0.2, 0.25) is 0 Å². The van der Waals surface area contributed by atoms with Crippen molar-refractivity contribution in [3.63, 3.8) is 0 Å². The van der Waals surface area contributed by atoms with Crippen LogP contribution in [0.25, 0.3) is 0 Å². The predicted octanol–water partition coefficient (Wildman–Crippen LogP) is 1.94. The molecule has 0 heterocycles. The molecule has 0 fully saturated rings. The highest BCUT2D eigenvalue weighted by molar-refractivity contribution is 5.77. The highest BCUT2D eigenvalue weighted by atomic mass is 15.3. The van der Waals surface area contributed by atoms with Crippen LogP contribution in [-0.2, 0) is 0 Å². The number of hydrogen-bond donors (Lipinski definition) is 2. The molecule has 0 aliphatic carbocycles. The average molecular weight is 208 g/mol. The lowest BCUT2D eigenvalue weighted by atomic mass is 10.1. The second-order valence-corrected chi connectivity index (χ2v) is 3.62. The standard InChI is InChI=1S/C11H20N4/c1-9(2)5-4-6-10(3)7-8-14-15-11(12)13/h5,7-8H,4,6H2,1-3H3,(H4,12,13,15)/b10-7-,14-8-. The quantitative estimate of drug-likeness (QED) is 0.313. The van der Waals surface area contributed by atoms with Gasteiger partial charge in [-0.3, -0.25) is 0 Å². The molecule has 0 aliphatic heterocycles. The van der Waals surface area contributed by atoms with Crippen molar-refractivity contribution in [3.05, 3.63) is 23.3 Å². The van der Waals surface area contributed by atoms with Crippen molar-refractivity contribution in [1.29, 1.82) is 0 Å². The fourth-order valence-electron chi connectivity index (χ4n) is 0.932. The SMILES string of the molecule is CC(C)=CCC/C(C)=C\C=N/N=C(N)N. The Morgan fingerprint density at radius 2 is 1.87 bits per heavy atom. The number of nitrogens with zero attached hydrogens (tertiary/aromatic N) is 2. The summed E-state index contributed by atoms with van der Waals surface area (Å²) in [5.41, 5.74) is 12.8. The highest BCUT2D eigenvalue weighted by Gasteiger charge is 1.86. The van der Waals surface area contributed by atoms with Crippen LogP contribution in [0.4, 0.5) is 0 Å². The van der Waals surface area contributed by atoms with Crippen LogP contribution in [0.5, 0.6) is 0 Å². The summed E-state index contributed by atoms with van der Waals surface area (Å²) in [6.45, 7) is 6.25. The zero-order valence-electron chi connectivity index (χ0n) is 9.70. The Bertz CT molecular complexity index is 290. The van der Waals surface area contributed by atoms with Gasteiger partial charge in [0.25, 0.3) is 0 Å². The van der Waals surface area contributed by atoms with Crippen LogP contribution in [0.1, 0.15) is 33.6 Å². The molecule has 0 aromatic rings. The smallest absolute Gasteiger partial charge is 0.211 e. The van der Waals surface area contributed by atoms with E-state index >= 15 is 0 Å². The van der Waals surface area contributed by atoms with Gasteiger partial charge in [-0.1, -0.05) is 17.2 Å². The van der Waals surface area contributed by atoms with Crippen molar-refractivity contribution in [2.24, 2.45) is 21.7 Å². The molecule has 4 N–H and O–H groups in total. The van der Waals surface area contributed by atoms with Crippen LogP contribution in [0.3, 0.4) is 0 Å². The van der Waals surface area contributed by atoms with Crippen LogP contribution in [0.15, 0.2) is 33.5 Å². The van der Waals surface area contributed by atoms with Crippen LogP contribution >= 0.6 is 0 Å². The Kier molecular flexibility index (Phi) is 6.97. The maximum Gasteiger partial charge on any atom is 0.211 e. The normalized spacial score (nSPS) is 11.5. The molecule has 0 aromatic heterocycles. The maximum atomic E-state index is 5.11. The van der Waals surface area contributed by atoms with Gasteiger partial charge >= 0.3 is 0 Å². The van der Waals surface area contributed by atoms with Crippen molar-refractivity contribution >= 4 is 12.2 Å². The molecule has 0 saturated heterocycles. The van der Waals surface area contributed by atoms with Crippen molar-refractivity contribution < 1.29 is 0 Å². The molecule has 4 nitrogen and oxygen atoms in total. The van der Waals surface area contributed by atoms with E-state index in [1.807, 2.05) is 6.08 Å². The Labute approximate surface area is 91.5 Å². The van der Waals surface area contributed by atoms with Crippen molar-refractivity contribution in [3.8, 4) is 0 Å². The Balaban J connectivity index is 3.94. The van der Waals surface area contributed by atoms with Gasteiger partial charge < -0.3 is 11.5 Å². The first-order chi connectivity index (χ1) is 7.02. The number of rotatable bonds is 5. The van der Waals surface area contributed by atoms with Crippen LogP contribution in [-0.4, -0.2) is 12.2 Å². The molecule has 0 aromatic carbocycles. The molecule has 0 aliphatic rings. The first kappa shape index (κ1) is 13.4. The molecule has 0 unspecified atom stereocenters. The molecule has 0 spiro atoms. The molecule has 0 atom stereocenters. The van der Waals surface area contributed by atoms with E-state index in [1.54, 1.807) is 6.21 Å². The van der Waals surface area contributed by atoms with E-state index in [2.05, 4.69) is 37.1 Å². The topological polar surface area (TPSA) is 76.8 Å². The number of nitrogens with two attached hydrogens (primary N) is 2. The molecule has 0 saturated carbocycles. The summed E-state index contributed by atoms with van der Waals surface area (Å²) in [5, 5.41) is 7.17. The monoisotopic (exact) mass is 208 g/mol. The second-order valence-electron chi connectivity index (χ2n) is 3.62. The van der Waals surface area contributed by atoms with Gasteiger partial charge in [0.1, 0.15) is 0 Å². The first-order valence-corrected chi connectivity index (χ1v) is 4.93. The van der Waals surface area contributed by atoms with Crippen LogP contribution < -0.4 is 11.5 Å². The zero-order valence-corrected chi connectivity index (χ0v) is 9.70. The molecular weight excluding hydrogens is 188 g/mol. The highest BCUT2D eigenvalue weighted by Crippen LogP contribution is 2.05. The van der Waals surface area contributed by atoms with Crippen LogP contribution in [0, 0.1) is 0 Å². The molecule has 84 valence electrons. The fraction of sp³-hybridized carbons (Fsp3) is 0.455. The van der Waals surface area contributed by atoms with Gasteiger partial charge in [-0.2, -0.15) is 5.10 Å². The third-order valence-corrected chi connectivity index (χ3v) is 1.69. The van der Waals surface area contributed by atoms with Gasteiger partial charge in [0.05, 0.1) is 0 Å². The van der Waals surface area contributed by atoms with Gasteiger partial charge in [0.15, 0.2) is 0 Å². The third-order valence-electron chi connectivity index (χ3n) is 1.69. The number of hydrogen-bond acceptors (Lipinski definition) is 2. The molecular formula is C11H20N4. The van der Waals surface area contributed by atoms with Crippen molar-refractivity contribution in [2.45, 2.75) is 33.6 Å². The Morgan fingerprint density at radius 1 is 1.20 bits per heavy atom. The summed E-state index contributed by atoms with van der Waals surface area (Å²) in [4.78, 5) is 0. The maximum absolute atomic E-state index is 5.11. The number of guanidine groups is 1. The predicted molar refractivity (Wildman–Crippen MR) is 66.7 cm³/mol. The summed E-state index contributed by atoms with van der Waals surface area (Å²) in [6, 6.07) is 0. The minimum Gasteiger partial charge on any atom is -0.369 e. The molecule has 15 heavy (non-hydrogen) atoms. The Morgan fingerprint density at radius 3 is 2.40 bits per heavy atom. The van der Waals surface area contributed by atoms with Gasteiger partial charge in [-0.05, 0) is 39.7 Å². The van der Waals surface area contributed by atoms with Crippen molar-refractivity contribution in [1.82, 2.24) is 0 Å². The largest absolute Gasteiger partial charge is 0.369 e. The molecule has 0 rings (SSSR count). The molecule has 0 amide bonds. The van der Waals surface area contributed by atoms with Gasteiger partial charge in [-0.15, -0.1) is 5.10 Å².